The van der Waals surface area contributed by atoms with E-state index in [2.05, 4.69) is 74.7 Å². The summed E-state index contributed by atoms with van der Waals surface area (Å²) in [6.45, 7) is 16.6. The minimum absolute atomic E-state index is 0.161. The molecule has 0 spiro atoms. The van der Waals surface area contributed by atoms with Gasteiger partial charge in [0.15, 0.2) is 0 Å². The van der Waals surface area contributed by atoms with Crippen LogP contribution < -0.4 is 9.64 Å². The Morgan fingerprint density at radius 2 is 1.84 bits per heavy atom. The lowest BCUT2D eigenvalue weighted by molar-refractivity contribution is 0.0186. The predicted molar refractivity (Wildman–Crippen MR) is 154 cm³/mol. The minimum Gasteiger partial charge on any atom is -0.497 e. The fourth-order valence-corrected chi connectivity index (χ4v) is 7.76. The zero-order valence-electron chi connectivity index (χ0n) is 23.7. The van der Waals surface area contributed by atoms with E-state index in [-0.39, 0.29) is 17.4 Å². The van der Waals surface area contributed by atoms with Crippen molar-refractivity contribution in [2.75, 3.05) is 30.9 Å². The maximum atomic E-state index is 13.1. The highest BCUT2D eigenvalue weighted by atomic mass is 32.2. The molecule has 1 saturated heterocycles. The van der Waals surface area contributed by atoms with E-state index in [1.165, 1.54) is 33.5 Å². The highest BCUT2D eigenvalue weighted by molar-refractivity contribution is 7.98. The molecule has 3 aliphatic heterocycles. The number of carbonyl (C=O) groups excluding carboxylic acids is 1. The van der Waals surface area contributed by atoms with Gasteiger partial charge in [-0.1, -0.05) is 26.8 Å². The predicted octanol–water partition coefficient (Wildman–Crippen LogP) is 7.25. The van der Waals surface area contributed by atoms with E-state index in [0.29, 0.717) is 18.6 Å². The first-order valence-corrected chi connectivity index (χ1v) is 14.7. The topological polar surface area (TPSA) is 42.0 Å². The Morgan fingerprint density at radius 1 is 1.08 bits per heavy atom. The summed E-state index contributed by atoms with van der Waals surface area (Å²) < 4.78 is 11.3. The standard InChI is InChI=1S/C31H42N2O3S/c1-19-13-22(35-8)9-10-23(19)20-14-21-17-37-18-27(30(2,3)4)33-26-11-12-32(29(34)36-31(5,6)7)16-25(26)24(15-20)28(21)33/h9-10,13-15,25-27H,11-12,16-18H2,1-8H3/t25-,26-,27?/m0/s1. The first-order chi connectivity index (χ1) is 17.4. The van der Waals surface area contributed by atoms with Crippen LogP contribution in [0.25, 0.3) is 11.1 Å². The normalized spacial score (nSPS) is 23.3. The molecule has 6 heteroatoms. The van der Waals surface area contributed by atoms with Gasteiger partial charge in [-0.25, -0.2) is 4.79 Å². The van der Waals surface area contributed by atoms with Crippen LogP contribution in [0.4, 0.5) is 10.5 Å². The molecule has 1 amide bonds. The van der Waals surface area contributed by atoms with E-state index in [1.54, 1.807) is 7.11 Å². The lowest BCUT2D eigenvalue weighted by Gasteiger charge is -2.46. The van der Waals surface area contributed by atoms with Gasteiger partial charge in [-0.05, 0) is 91.6 Å². The van der Waals surface area contributed by atoms with Crippen molar-refractivity contribution in [2.45, 2.75) is 84.2 Å². The Kier molecular flexibility index (Phi) is 6.71. The van der Waals surface area contributed by atoms with Crippen molar-refractivity contribution >= 4 is 23.5 Å². The number of fused-ring (bicyclic) bond motifs is 3. The maximum absolute atomic E-state index is 13.1. The van der Waals surface area contributed by atoms with Gasteiger partial charge >= 0.3 is 6.09 Å². The number of ether oxygens (including phenoxy) is 2. The van der Waals surface area contributed by atoms with Crippen LogP contribution in [0.3, 0.4) is 0 Å². The van der Waals surface area contributed by atoms with Gasteiger partial charge in [0.2, 0.25) is 0 Å². The number of amides is 1. The summed E-state index contributed by atoms with van der Waals surface area (Å²) in [5.74, 6) is 3.30. The third-order valence-corrected chi connectivity index (χ3v) is 9.14. The quantitative estimate of drug-likeness (QED) is 0.416. The summed E-state index contributed by atoms with van der Waals surface area (Å²) in [5.41, 5.74) is 7.65. The lowest BCUT2D eigenvalue weighted by atomic mass is 9.84. The number of hydrogen-bond acceptors (Lipinski definition) is 5. The summed E-state index contributed by atoms with van der Waals surface area (Å²) in [7, 11) is 1.72. The monoisotopic (exact) mass is 522 g/mol. The molecule has 5 nitrogen and oxygen atoms in total. The molecule has 0 radical (unpaired) electrons. The number of rotatable bonds is 2. The number of methoxy groups -OCH3 is 1. The molecule has 5 rings (SSSR count). The molecule has 37 heavy (non-hydrogen) atoms. The van der Waals surface area contributed by atoms with Gasteiger partial charge in [0.25, 0.3) is 0 Å². The summed E-state index contributed by atoms with van der Waals surface area (Å²) in [5, 5.41) is 0. The third-order valence-electron chi connectivity index (χ3n) is 8.07. The van der Waals surface area contributed by atoms with Crippen LogP contribution in [-0.2, 0) is 10.5 Å². The Labute approximate surface area is 226 Å². The van der Waals surface area contributed by atoms with Crippen LogP contribution >= 0.6 is 11.8 Å². The van der Waals surface area contributed by atoms with Gasteiger partial charge < -0.3 is 19.3 Å². The molecule has 1 fully saturated rings. The van der Waals surface area contributed by atoms with E-state index < -0.39 is 5.60 Å². The van der Waals surface area contributed by atoms with Gasteiger partial charge in [0, 0.05) is 48.3 Å². The van der Waals surface area contributed by atoms with E-state index in [4.69, 9.17) is 9.47 Å². The molecule has 2 aromatic carbocycles. The lowest BCUT2D eigenvalue weighted by Crippen LogP contribution is -2.55. The van der Waals surface area contributed by atoms with Crippen molar-refractivity contribution in [3.05, 3.63) is 47.0 Å². The number of likely N-dealkylation sites (tertiary alicyclic amines) is 1. The number of nitrogens with zero attached hydrogens (tertiary/aromatic N) is 2. The highest BCUT2D eigenvalue weighted by Crippen LogP contribution is 2.53. The third kappa shape index (κ3) is 4.94. The largest absolute Gasteiger partial charge is 0.497 e. The van der Waals surface area contributed by atoms with Gasteiger partial charge in [0.05, 0.1) is 7.11 Å². The Bertz CT molecular complexity index is 1200. The van der Waals surface area contributed by atoms with Crippen molar-refractivity contribution in [2.24, 2.45) is 5.41 Å². The van der Waals surface area contributed by atoms with Gasteiger partial charge in [-0.15, -0.1) is 0 Å². The summed E-state index contributed by atoms with van der Waals surface area (Å²) >= 11 is 2.06. The average Bonchev–Trinajstić information content (AvgIpc) is 2.98. The second kappa shape index (κ2) is 9.44. The molecule has 3 atom stereocenters. The molecule has 200 valence electrons. The second-order valence-electron chi connectivity index (χ2n) is 12.9. The highest BCUT2D eigenvalue weighted by Gasteiger charge is 2.49. The summed E-state index contributed by atoms with van der Waals surface area (Å²) in [6, 6.07) is 12.0. The van der Waals surface area contributed by atoms with Crippen LogP contribution in [-0.4, -0.2) is 54.6 Å². The van der Waals surface area contributed by atoms with Crippen molar-refractivity contribution in [1.29, 1.82) is 0 Å². The first-order valence-electron chi connectivity index (χ1n) is 13.5. The SMILES string of the molecule is COc1ccc(-c2cc3c4c(c2)[C@@H]2CN(C(=O)OC(C)(C)C)CC[C@@H]2N4C(C(C)(C)C)CSC3)c(C)c1. The number of thioether (sulfide) groups is 1. The average molecular weight is 523 g/mol. The zero-order valence-corrected chi connectivity index (χ0v) is 24.5. The summed E-state index contributed by atoms with van der Waals surface area (Å²) in [6.07, 6.45) is 0.773. The molecule has 0 aliphatic carbocycles. The maximum Gasteiger partial charge on any atom is 0.410 e. The molecule has 0 bridgehead atoms. The Hall–Kier alpha value is -2.34. The molecular weight excluding hydrogens is 480 g/mol. The van der Waals surface area contributed by atoms with Crippen LogP contribution in [0.5, 0.6) is 5.75 Å². The smallest absolute Gasteiger partial charge is 0.410 e. The van der Waals surface area contributed by atoms with E-state index in [1.807, 2.05) is 25.7 Å². The number of piperidine rings is 1. The number of benzene rings is 2. The van der Waals surface area contributed by atoms with Crippen molar-refractivity contribution < 1.29 is 14.3 Å². The number of aryl methyl sites for hydroxylation is 1. The molecule has 2 aromatic rings. The molecule has 3 heterocycles. The van der Waals surface area contributed by atoms with Crippen LogP contribution in [0.15, 0.2) is 30.3 Å². The van der Waals surface area contributed by atoms with E-state index >= 15 is 0 Å². The fraction of sp³-hybridized carbons (Fsp3) is 0.581. The zero-order chi connectivity index (χ0) is 26.7. The number of hydrogen-bond donors (Lipinski definition) is 0. The summed E-state index contributed by atoms with van der Waals surface area (Å²) in [4.78, 5) is 17.8. The Balaban J connectivity index is 1.61. The molecular formula is C31H42N2O3S. The minimum atomic E-state index is -0.491. The van der Waals surface area contributed by atoms with Gasteiger partial charge in [-0.2, -0.15) is 11.8 Å². The van der Waals surface area contributed by atoms with E-state index in [0.717, 1.165) is 30.2 Å². The van der Waals surface area contributed by atoms with Crippen LogP contribution in [0, 0.1) is 12.3 Å². The molecule has 0 N–H and O–H groups in total. The van der Waals surface area contributed by atoms with Crippen molar-refractivity contribution in [1.82, 2.24) is 4.90 Å². The van der Waals surface area contributed by atoms with Crippen LogP contribution in [0.2, 0.25) is 0 Å². The molecule has 1 unspecified atom stereocenters. The number of carbonyl (C=O) groups is 1. The van der Waals surface area contributed by atoms with Crippen molar-refractivity contribution in [3.63, 3.8) is 0 Å². The van der Waals surface area contributed by atoms with Crippen LogP contribution in [0.1, 0.15) is 70.6 Å². The van der Waals surface area contributed by atoms with E-state index in [9.17, 15) is 4.79 Å². The van der Waals surface area contributed by atoms with Crippen molar-refractivity contribution in [3.8, 4) is 16.9 Å². The fourth-order valence-electron chi connectivity index (χ4n) is 6.32. The molecule has 3 aliphatic rings. The first kappa shape index (κ1) is 26.3. The van der Waals surface area contributed by atoms with Gasteiger partial charge in [-0.3, -0.25) is 0 Å². The Morgan fingerprint density at radius 3 is 2.49 bits per heavy atom. The molecule has 0 saturated carbocycles. The second-order valence-corrected chi connectivity index (χ2v) is 14.0. The number of anilines is 1. The van der Waals surface area contributed by atoms with Gasteiger partial charge in [0.1, 0.15) is 11.4 Å². The molecule has 0 aromatic heterocycles.